The number of carbonyl (C=O) groups excluding carboxylic acids is 1. The van der Waals surface area contributed by atoms with E-state index in [1.807, 2.05) is 7.05 Å². The maximum absolute atomic E-state index is 12.6. The van der Waals surface area contributed by atoms with Gasteiger partial charge in [-0.25, -0.2) is 0 Å². The molecule has 6 nitrogen and oxygen atoms in total. The molecule has 0 atom stereocenters. The Morgan fingerprint density at radius 1 is 1.14 bits per heavy atom. The largest absolute Gasteiger partial charge is 0.373 e. The summed E-state index contributed by atoms with van der Waals surface area (Å²) in [7, 11) is 1.83. The molecular weight excluding hydrogens is 364 g/mol. The summed E-state index contributed by atoms with van der Waals surface area (Å²) in [5, 5.41) is 7.12. The molecule has 0 spiro atoms. The summed E-state index contributed by atoms with van der Waals surface area (Å²) in [6.45, 7) is 9.72. The van der Waals surface area contributed by atoms with Crippen LogP contribution in [0.15, 0.2) is 4.99 Å². The summed E-state index contributed by atoms with van der Waals surface area (Å²) < 4.78 is 6.30. The van der Waals surface area contributed by atoms with Gasteiger partial charge < -0.3 is 20.3 Å². The Hall–Kier alpha value is -1.30. The van der Waals surface area contributed by atoms with Gasteiger partial charge >= 0.3 is 0 Å². The van der Waals surface area contributed by atoms with Crippen molar-refractivity contribution >= 4 is 11.9 Å². The molecule has 0 aromatic rings. The summed E-state index contributed by atoms with van der Waals surface area (Å²) in [6, 6.07) is 0.366. The minimum absolute atomic E-state index is 0.0447. The highest BCUT2D eigenvalue weighted by atomic mass is 16.5. The molecule has 1 saturated carbocycles. The first kappa shape index (κ1) is 24.0. The lowest BCUT2D eigenvalue weighted by Gasteiger charge is -2.38. The lowest BCUT2D eigenvalue weighted by atomic mass is 9.84. The van der Waals surface area contributed by atoms with Crippen LogP contribution in [0.4, 0.5) is 0 Å². The summed E-state index contributed by atoms with van der Waals surface area (Å²) in [6.07, 6.45) is 11.0. The number of hydrogen-bond acceptors (Lipinski definition) is 3. The quantitative estimate of drug-likeness (QED) is 0.451. The minimum Gasteiger partial charge on any atom is -0.373 e. The van der Waals surface area contributed by atoms with Crippen LogP contribution in [-0.2, 0) is 9.53 Å². The molecule has 0 aromatic heterocycles. The van der Waals surface area contributed by atoms with E-state index in [1.54, 1.807) is 0 Å². The van der Waals surface area contributed by atoms with E-state index in [0.717, 1.165) is 77.1 Å². The Morgan fingerprint density at radius 2 is 1.79 bits per heavy atom. The summed E-state index contributed by atoms with van der Waals surface area (Å²) in [5.41, 5.74) is -0.0447. The van der Waals surface area contributed by atoms with E-state index in [1.165, 1.54) is 19.3 Å². The molecule has 6 heteroatoms. The smallest absolute Gasteiger partial charge is 0.225 e. The van der Waals surface area contributed by atoms with E-state index >= 15 is 0 Å². The maximum atomic E-state index is 12.6. The number of amides is 1. The minimum atomic E-state index is -0.0447. The van der Waals surface area contributed by atoms with E-state index in [2.05, 4.69) is 41.3 Å². The highest BCUT2D eigenvalue weighted by Crippen LogP contribution is 2.31. The molecule has 2 N–H and O–H groups in total. The van der Waals surface area contributed by atoms with Crippen LogP contribution in [0.3, 0.4) is 0 Å². The maximum Gasteiger partial charge on any atom is 0.225 e. The standard InChI is InChI=1S/C23H44N4O2/c1-5-17-29-23(13-9-8-10-14-23)18-25-22(24-4)26-20-11-15-27(16-12-20)21(28)19(6-2)7-3/h19-20H,5-18H2,1-4H3,(H2,24,25,26). The number of likely N-dealkylation sites (tertiary alicyclic amines) is 1. The number of rotatable bonds is 9. The third kappa shape index (κ3) is 7.16. The molecule has 1 aliphatic carbocycles. The van der Waals surface area contributed by atoms with Gasteiger partial charge in [-0.05, 0) is 44.9 Å². The van der Waals surface area contributed by atoms with Gasteiger partial charge in [0.2, 0.25) is 5.91 Å². The van der Waals surface area contributed by atoms with E-state index in [9.17, 15) is 4.79 Å². The molecule has 0 radical (unpaired) electrons. The van der Waals surface area contributed by atoms with Crippen molar-refractivity contribution in [1.82, 2.24) is 15.5 Å². The fourth-order valence-electron chi connectivity index (χ4n) is 4.66. The SMILES string of the molecule is CCCOC1(CNC(=NC)NC2CCN(C(=O)C(CC)CC)CC2)CCCCC1. The van der Waals surface area contributed by atoms with E-state index in [0.29, 0.717) is 11.9 Å². The molecule has 1 heterocycles. The molecule has 1 saturated heterocycles. The van der Waals surface area contributed by atoms with E-state index < -0.39 is 0 Å². The van der Waals surface area contributed by atoms with Gasteiger partial charge in [0.05, 0.1) is 5.60 Å². The van der Waals surface area contributed by atoms with Crippen molar-refractivity contribution in [3.05, 3.63) is 0 Å². The van der Waals surface area contributed by atoms with Gasteiger partial charge in [-0.2, -0.15) is 0 Å². The van der Waals surface area contributed by atoms with Gasteiger partial charge in [0, 0.05) is 45.2 Å². The van der Waals surface area contributed by atoms with Crippen LogP contribution in [-0.4, -0.2) is 61.7 Å². The number of guanidine groups is 1. The van der Waals surface area contributed by atoms with Gasteiger partial charge in [-0.15, -0.1) is 0 Å². The molecule has 1 aliphatic heterocycles. The lowest BCUT2D eigenvalue weighted by molar-refractivity contribution is -0.136. The highest BCUT2D eigenvalue weighted by molar-refractivity contribution is 5.80. The Balaban J connectivity index is 1.81. The topological polar surface area (TPSA) is 66.0 Å². The summed E-state index contributed by atoms with van der Waals surface area (Å²) >= 11 is 0. The van der Waals surface area contributed by atoms with Crippen LogP contribution in [0.5, 0.6) is 0 Å². The monoisotopic (exact) mass is 408 g/mol. The normalized spacial score (nSPS) is 20.7. The van der Waals surface area contributed by atoms with Crippen molar-refractivity contribution in [3.8, 4) is 0 Å². The van der Waals surface area contributed by atoms with Crippen molar-refractivity contribution in [2.45, 2.75) is 96.6 Å². The zero-order chi connectivity index (χ0) is 21.1. The second kappa shape index (κ2) is 12.4. The van der Waals surface area contributed by atoms with Crippen molar-refractivity contribution < 1.29 is 9.53 Å². The second-order valence-electron chi connectivity index (χ2n) is 8.78. The molecule has 168 valence electrons. The van der Waals surface area contributed by atoms with Gasteiger partial charge in [0.1, 0.15) is 0 Å². The fraction of sp³-hybridized carbons (Fsp3) is 0.913. The van der Waals surface area contributed by atoms with Crippen molar-refractivity contribution in [1.29, 1.82) is 0 Å². The number of hydrogen-bond donors (Lipinski definition) is 2. The van der Waals surface area contributed by atoms with E-state index in [-0.39, 0.29) is 11.5 Å². The molecule has 2 rings (SSSR count). The predicted octanol–water partition coefficient (Wildman–Crippen LogP) is 3.71. The Kier molecular flexibility index (Phi) is 10.3. The van der Waals surface area contributed by atoms with E-state index in [4.69, 9.17) is 4.74 Å². The molecule has 0 aromatic carbocycles. The van der Waals surface area contributed by atoms with Crippen molar-refractivity contribution in [3.63, 3.8) is 0 Å². The van der Waals surface area contributed by atoms with Crippen LogP contribution in [0.2, 0.25) is 0 Å². The number of nitrogens with one attached hydrogen (secondary N) is 2. The van der Waals surface area contributed by atoms with Gasteiger partial charge in [0.25, 0.3) is 0 Å². The first-order valence-corrected chi connectivity index (χ1v) is 12.0. The van der Waals surface area contributed by atoms with Gasteiger partial charge in [0.15, 0.2) is 5.96 Å². The van der Waals surface area contributed by atoms with Crippen LogP contribution in [0.1, 0.15) is 85.0 Å². The Labute approximate surface area is 178 Å². The lowest BCUT2D eigenvalue weighted by Crippen LogP contribution is -2.53. The van der Waals surface area contributed by atoms with Crippen molar-refractivity contribution in [2.24, 2.45) is 10.9 Å². The third-order valence-electron chi connectivity index (χ3n) is 6.66. The van der Waals surface area contributed by atoms with Crippen LogP contribution in [0, 0.1) is 5.92 Å². The zero-order valence-corrected chi connectivity index (χ0v) is 19.3. The number of carbonyl (C=O) groups is 1. The molecule has 0 unspecified atom stereocenters. The Morgan fingerprint density at radius 3 is 2.34 bits per heavy atom. The van der Waals surface area contributed by atoms with Crippen LogP contribution >= 0.6 is 0 Å². The second-order valence-corrected chi connectivity index (χ2v) is 8.78. The predicted molar refractivity (Wildman–Crippen MR) is 120 cm³/mol. The molecule has 29 heavy (non-hydrogen) atoms. The average Bonchev–Trinajstić information content (AvgIpc) is 2.77. The Bertz CT molecular complexity index is 505. The van der Waals surface area contributed by atoms with Crippen LogP contribution < -0.4 is 10.6 Å². The van der Waals surface area contributed by atoms with Gasteiger partial charge in [-0.3, -0.25) is 9.79 Å². The zero-order valence-electron chi connectivity index (χ0n) is 19.3. The van der Waals surface area contributed by atoms with Gasteiger partial charge in [-0.1, -0.05) is 40.0 Å². The summed E-state index contributed by atoms with van der Waals surface area (Å²) in [4.78, 5) is 19.1. The van der Waals surface area contributed by atoms with Crippen LogP contribution in [0.25, 0.3) is 0 Å². The number of nitrogens with zero attached hydrogens (tertiary/aromatic N) is 2. The average molecular weight is 409 g/mol. The molecule has 2 fully saturated rings. The highest BCUT2D eigenvalue weighted by Gasteiger charge is 2.33. The molecule has 2 aliphatic rings. The number of ether oxygens (including phenoxy) is 1. The molecule has 0 bridgehead atoms. The number of aliphatic imine (C=N–C) groups is 1. The van der Waals surface area contributed by atoms with Crippen molar-refractivity contribution in [2.75, 3.05) is 33.3 Å². The first-order chi connectivity index (χ1) is 14.1. The molecule has 1 amide bonds. The number of piperidine rings is 1. The fourth-order valence-corrected chi connectivity index (χ4v) is 4.66. The third-order valence-corrected chi connectivity index (χ3v) is 6.66. The summed E-state index contributed by atoms with van der Waals surface area (Å²) in [5.74, 6) is 1.38. The first-order valence-electron chi connectivity index (χ1n) is 12.0. The molecular formula is C23H44N4O2.